The molecule has 0 aromatic carbocycles. The summed E-state index contributed by atoms with van der Waals surface area (Å²) in [5.74, 6) is 0. The van der Waals surface area contributed by atoms with Crippen molar-refractivity contribution in [2.45, 2.75) is 6.04 Å². The molecule has 82 valence electrons. The van der Waals surface area contributed by atoms with E-state index in [4.69, 9.17) is 11.1 Å². The molecule has 0 aromatic heterocycles. The summed E-state index contributed by atoms with van der Waals surface area (Å²) in [5.41, 5.74) is 16.5. The highest BCUT2D eigenvalue weighted by Crippen LogP contribution is 2.03. The molecule has 0 atom stereocenters. The van der Waals surface area contributed by atoms with Crippen LogP contribution in [0.1, 0.15) is 0 Å². The SMILES string of the molecule is [N-]=[N+]=NCC(CN=[N+]=[N-])N1CCNCC1. The van der Waals surface area contributed by atoms with Gasteiger partial charge in [-0.2, -0.15) is 0 Å². The molecule has 1 heterocycles. The van der Waals surface area contributed by atoms with Gasteiger partial charge in [-0.3, -0.25) is 4.90 Å². The molecule has 1 aliphatic rings. The van der Waals surface area contributed by atoms with Crippen LogP contribution in [0.4, 0.5) is 0 Å². The summed E-state index contributed by atoms with van der Waals surface area (Å²) in [5, 5.41) is 10.3. The molecule has 0 saturated carbocycles. The third kappa shape index (κ3) is 4.05. The molecule has 8 nitrogen and oxygen atoms in total. The van der Waals surface area contributed by atoms with Crippen LogP contribution in [0.15, 0.2) is 10.2 Å². The molecule has 0 amide bonds. The maximum atomic E-state index is 8.26. The highest BCUT2D eigenvalue weighted by atomic mass is 15.3. The molecule has 1 saturated heterocycles. The van der Waals surface area contributed by atoms with Crippen molar-refractivity contribution in [1.29, 1.82) is 0 Å². The normalized spacial score (nSPS) is 18.7. The van der Waals surface area contributed by atoms with Crippen LogP contribution >= 0.6 is 0 Å². The predicted octanol–water partition coefficient (Wildman–Crippen LogP) is 0.881. The lowest BCUT2D eigenvalue weighted by Gasteiger charge is -2.33. The Balaban J connectivity index is 2.51. The highest BCUT2D eigenvalue weighted by Gasteiger charge is 2.18. The monoisotopic (exact) mass is 210 g/mol. The van der Waals surface area contributed by atoms with Gasteiger partial charge in [0.25, 0.3) is 0 Å². The van der Waals surface area contributed by atoms with Gasteiger partial charge in [0.15, 0.2) is 0 Å². The Hall–Kier alpha value is -1.46. The molecule has 1 fully saturated rings. The highest BCUT2D eigenvalue weighted by molar-refractivity contribution is 4.80. The van der Waals surface area contributed by atoms with Gasteiger partial charge in [0, 0.05) is 55.1 Å². The van der Waals surface area contributed by atoms with Crippen LogP contribution in [0.2, 0.25) is 0 Å². The van der Waals surface area contributed by atoms with Crippen molar-refractivity contribution < 1.29 is 0 Å². The largest absolute Gasteiger partial charge is 0.314 e. The summed E-state index contributed by atoms with van der Waals surface area (Å²) >= 11 is 0. The van der Waals surface area contributed by atoms with Crippen molar-refractivity contribution in [3.63, 3.8) is 0 Å². The van der Waals surface area contributed by atoms with E-state index < -0.39 is 0 Å². The van der Waals surface area contributed by atoms with E-state index in [9.17, 15) is 0 Å². The molecular weight excluding hydrogens is 196 g/mol. The van der Waals surface area contributed by atoms with Gasteiger partial charge < -0.3 is 5.32 Å². The Morgan fingerprint density at radius 2 is 1.67 bits per heavy atom. The van der Waals surface area contributed by atoms with E-state index in [0.717, 1.165) is 26.2 Å². The molecule has 8 heteroatoms. The van der Waals surface area contributed by atoms with Gasteiger partial charge in [-0.25, -0.2) is 0 Å². The third-order valence-corrected chi connectivity index (χ3v) is 2.38. The number of azide groups is 2. The molecule has 15 heavy (non-hydrogen) atoms. The maximum Gasteiger partial charge on any atom is 0.0415 e. The molecular formula is C7H14N8. The summed E-state index contributed by atoms with van der Waals surface area (Å²) in [7, 11) is 0. The van der Waals surface area contributed by atoms with Crippen molar-refractivity contribution in [2.24, 2.45) is 10.2 Å². The molecule has 0 aliphatic carbocycles. The third-order valence-electron chi connectivity index (χ3n) is 2.38. The lowest BCUT2D eigenvalue weighted by atomic mass is 10.2. The zero-order chi connectivity index (χ0) is 10.9. The minimum Gasteiger partial charge on any atom is -0.314 e. The molecule has 0 spiro atoms. The van der Waals surface area contributed by atoms with E-state index in [-0.39, 0.29) is 6.04 Å². The van der Waals surface area contributed by atoms with Crippen LogP contribution in [0.5, 0.6) is 0 Å². The zero-order valence-corrected chi connectivity index (χ0v) is 8.45. The molecule has 0 unspecified atom stereocenters. The molecule has 0 radical (unpaired) electrons. The van der Waals surface area contributed by atoms with Crippen LogP contribution in [0, 0.1) is 0 Å². The Labute approximate surface area is 87.5 Å². The van der Waals surface area contributed by atoms with Gasteiger partial charge in [0.1, 0.15) is 0 Å². The molecule has 1 rings (SSSR count). The summed E-state index contributed by atoms with van der Waals surface area (Å²) in [4.78, 5) is 7.63. The first kappa shape index (κ1) is 11.6. The minimum absolute atomic E-state index is 0.0268. The van der Waals surface area contributed by atoms with Gasteiger partial charge in [-0.1, -0.05) is 10.2 Å². The van der Waals surface area contributed by atoms with E-state index in [1.165, 1.54) is 0 Å². The molecule has 1 aliphatic heterocycles. The molecule has 0 aromatic rings. The quantitative estimate of drug-likeness (QED) is 0.412. The summed E-state index contributed by atoms with van der Waals surface area (Å²) in [6.07, 6.45) is 0. The molecule has 1 N–H and O–H groups in total. The summed E-state index contributed by atoms with van der Waals surface area (Å²) in [6, 6.07) is 0.0268. The standard InChI is InChI=1S/C7H14N8/c8-13-11-5-7(6-12-14-9)15-3-1-10-2-4-15/h7,10H,1-6H2. The van der Waals surface area contributed by atoms with Gasteiger partial charge in [-0.15, -0.1) is 0 Å². The van der Waals surface area contributed by atoms with Gasteiger partial charge in [-0.05, 0) is 11.1 Å². The smallest absolute Gasteiger partial charge is 0.0415 e. The van der Waals surface area contributed by atoms with Crippen molar-refractivity contribution in [1.82, 2.24) is 10.2 Å². The van der Waals surface area contributed by atoms with Gasteiger partial charge in [0.2, 0.25) is 0 Å². The second-order valence-corrected chi connectivity index (χ2v) is 3.27. The maximum absolute atomic E-state index is 8.26. The minimum atomic E-state index is 0.0268. The Kier molecular flexibility index (Phi) is 5.35. The average molecular weight is 210 g/mol. The van der Waals surface area contributed by atoms with Gasteiger partial charge >= 0.3 is 0 Å². The van der Waals surface area contributed by atoms with Crippen molar-refractivity contribution in [3.05, 3.63) is 20.9 Å². The summed E-state index contributed by atoms with van der Waals surface area (Å²) < 4.78 is 0. The van der Waals surface area contributed by atoms with E-state index in [1.54, 1.807) is 0 Å². The number of hydrogen-bond donors (Lipinski definition) is 1. The number of nitrogens with one attached hydrogen (secondary N) is 1. The van der Waals surface area contributed by atoms with E-state index >= 15 is 0 Å². The second-order valence-electron chi connectivity index (χ2n) is 3.27. The number of hydrogen-bond acceptors (Lipinski definition) is 4. The van der Waals surface area contributed by atoms with Gasteiger partial charge in [0.05, 0.1) is 0 Å². The fourth-order valence-electron chi connectivity index (χ4n) is 1.60. The van der Waals surface area contributed by atoms with Crippen molar-refractivity contribution in [2.75, 3.05) is 39.3 Å². The lowest BCUT2D eigenvalue weighted by Crippen LogP contribution is -2.50. The van der Waals surface area contributed by atoms with Crippen LogP contribution in [0.3, 0.4) is 0 Å². The lowest BCUT2D eigenvalue weighted by molar-refractivity contribution is 0.181. The molecule has 0 bridgehead atoms. The zero-order valence-electron chi connectivity index (χ0n) is 8.45. The average Bonchev–Trinajstić information content (AvgIpc) is 2.30. The van der Waals surface area contributed by atoms with E-state index in [0.29, 0.717) is 13.1 Å². The Morgan fingerprint density at radius 3 is 2.13 bits per heavy atom. The predicted molar refractivity (Wildman–Crippen MR) is 56.3 cm³/mol. The number of rotatable bonds is 5. The number of piperazine rings is 1. The van der Waals surface area contributed by atoms with Crippen molar-refractivity contribution >= 4 is 0 Å². The second kappa shape index (κ2) is 6.92. The fraction of sp³-hybridized carbons (Fsp3) is 1.00. The van der Waals surface area contributed by atoms with Crippen LogP contribution in [-0.2, 0) is 0 Å². The first-order chi connectivity index (χ1) is 7.38. The first-order valence-electron chi connectivity index (χ1n) is 4.85. The Morgan fingerprint density at radius 1 is 1.13 bits per heavy atom. The summed E-state index contributed by atoms with van der Waals surface area (Å²) in [6.45, 7) is 4.34. The topological polar surface area (TPSA) is 113 Å². The van der Waals surface area contributed by atoms with E-state index in [2.05, 4.69) is 30.3 Å². The Bertz CT molecular complexity index is 251. The van der Waals surface area contributed by atoms with Crippen LogP contribution in [0.25, 0.3) is 20.9 Å². The first-order valence-corrected chi connectivity index (χ1v) is 4.85. The van der Waals surface area contributed by atoms with Crippen LogP contribution in [-0.4, -0.2) is 50.2 Å². The van der Waals surface area contributed by atoms with Crippen LogP contribution < -0.4 is 5.32 Å². The fourth-order valence-corrected chi connectivity index (χ4v) is 1.60. The number of nitrogens with zero attached hydrogens (tertiary/aromatic N) is 7. The van der Waals surface area contributed by atoms with Crippen molar-refractivity contribution in [3.8, 4) is 0 Å². The van der Waals surface area contributed by atoms with E-state index in [1.807, 2.05) is 0 Å².